The molecule has 0 aromatic heterocycles. The summed E-state index contributed by atoms with van der Waals surface area (Å²) < 4.78 is 0. The number of nitrogens with one attached hydrogen (secondary N) is 1. The van der Waals surface area contributed by atoms with E-state index in [1.54, 1.807) is 0 Å². The van der Waals surface area contributed by atoms with E-state index < -0.39 is 5.97 Å². The first-order valence-electron chi connectivity index (χ1n) is 4.99. The fourth-order valence-electron chi connectivity index (χ4n) is 0.812. The molecule has 0 heterocycles. The molecule has 0 fully saturated rings. The Kier molecular flexibility index (Phi) is 5.05. The summed E-state index contributed by atoms with van der Waals surface area (Å²) in [5, 5.41) is 11.5. The maximum Gasteiger partial charge on any atom is 0.331 e. The van der Waals surface area contributed by atoms with Gasteiger partial charge in [0.1, 0.15) is 0 Å². The highest BCUT2D eigenvalue weighted by atomic mass is 16.4. The molecule has 0 saturated heterocycles. The van der Waals surface area contributed by atoms with Gasteiger partial charge in [0.15, 0.2) is 0 Å². The van der Waals surface area contributed by atoms with Crippen molar-refractivity contribution in [2.75, 3.05) is 0 Å². The van der Waals surface area contributed by atoms with Crippen LogP contribution < -0.4 is 5.32 Å². The molecule has 0 spiro atoms. The van der Waals surface area contributed by atoms with E-state index in [1.807, 2.05) is 20.8 Å². The van der Waals surface area contributed by atoms with E-state index in [0.717, 1.165) is 0 Å². The van der Waals surface area contributed by atoms with E-state index in [9.17, 15) is 9.59 Å². The second-order valence-electron chi connectivity index (χ2n) is 4.06. The van der Waals surface area contributed by atoms with E-state index >= 15 is 0 Å². The Bertz CT molecular complexity index is 292. The van der Waals surface area contributed by atoms with Crippen molar-refractivity contribution in [2.24, 2.45) is 5.92 Å². The van der Waals surface area contributed by atoms with Gasteiger partial charge in [-0.15, -0.1) is 0 Å². The second kappa shape index (κ2) is 5.53. The Morgan fingerprint density at radius 3 is 1.87 bits per heavy atom. The van der Waals surface area contributed by atoms with Crippen molar-refractivity contribution < 1.29 is 14.7 Å². The summed E-state index contributed by atoms with van der Waals surface area (Å²) in [5.74, 6) is -1.04. The molecule has 4 heteroatoms. The molecule has 4 nitrogen and oxygen atoms in total. The number of hydrogen-bond donors (Lipinski definition) is 2. The zero-order chi connectivity index (χ0) is 12.2. The average Bonchev–Trinajstić information content (AvgIpc) is 2.14. The summed E-state index contributed by atoms with van der Waals surface area (Å²) >= 11 is 0. The van der Waals surface area contributed by atoms with Crippen LogP contribution in [0, 0.1) is 5.92 Å². The predicted molar refractivity (Wildman–Crippen MR) is 58.5 cm³/mol. The summed E-state index contributed by atoms with van der Waals surface area (Å²) in [6.07, 6.45) is 0. The molecule has 0 saturated carbocycles. The number of carboxylic acid groups (broad SMARTS) is 1. The molecule has 1 unspecified atom stereocenters. The van der Waals surface area contributed by atoms with Gasteiger partial charge in [-0.05, 0) is 26.7 Å². The average molecular weight is 213 g/mol. The molecule has 0 bridgehead atoms. The number of amides is 1. The van der Waals surface area contributed by atoms with Crippen molar-refractivity contribution in [3.8, 4) is 0 Å². The van der Waals surface area contributed by atoms with E-state index in [4.69, 9.17) is 5.11 Å². The minimum atomic E-state index is -1.06. The normalized spacial score (nSPS) is 14.5. The first-order valence-corrected chi connectivity index (χ1v) is 4.99. The highest BCUT2D eigenvalue weighted by molar-refractivity contribution is 6.01. The topological polar surface area (TPSA) is 66.4 Å². The standard InChI is InChI=1S/C11H19NO3/c1-6(2)9(5)12-10(13)7(3)8(4)11(14)15/h6,9H,1-5H3,(H,12,13)(H,14,15). The minimum absolute atomic E-state index is 0.0362. The summed E-state index contributed by atoms with van der Waals surface area (Å²) in [6.45, 7) is 8.83. The van der Waals surface area contributed by atoms with Gasteiger partial charge < -0.3 is 10.4 Å². The molecule has 0 aromatic carbocycles. The zero-order valence-corrected chi connectivity index (χ0v) is 9.92. The first-order chi connectivity index (χ1) is 6.77. The molecule has 0 radical (unpaired) electrons. The monoisotopic (exact) mass is 213 g/mol. The Morgan fingerprint density at radius 2 is 1.53 bits per heavy atom. The van der Waals surface area contributed by atoms with Crippen LogP contribution in [0.2, 0.25) is 0 Å². The second-order valence-corrected chi connectivity index (χ2v) is 4.06. The van der Waals surface area contributed by atoms with Crippen LogP contribution in [0.4, 0.5) is 0 Å². The van der Waals surface area contributed by atoms with Crippen LogP contribution in [-0.2, 0) is 9.59 Å². The Balaban J connectivity index is 4.61. The number of rotatable bonds is 4. The molecule has 86 valence electrons. The number of carbonyl (C=O) groups is 2. The van der Waals surface area contributed by atoms with Gasteiger partial charge in [-0.25, -0.2) is 4.79 Å². The van der Waals surface area contributed by atoms with Crippen LogP contribution in [0.15, 0.2) is 11.1 Å². The molecule has 0 aromatic rings. The number of carbonyl (C=O) groups excluding carboxylic acids is 1. The molecule has 1 atom stereocenters. The fraction of sp³-hybridized carbons (Fsp3) is 0.636. The molecule has 15 heavy (non-hydrogen) atoms. The molecule has 0 rings (SSSR count). The van der Waals surface area contributed by atoms with Crippen molar-refractivity contribution >= 4 is 11.9 Å². The van der Waals surface area contributed by atoms with Gasteiger partial charge >= 0.3 is 5.97 Å². The van der Waals surface area contributed by atoms with Crippen LogP contribution in [0.3, 0.4) is 0 Å². The van der Waals surface area contributed by atoms with Gasteiger partial charge in [0.05, 0.1) is 0 Å². The van der Waals surface area contributed by atoms with E-state index in [2.05, 4.69) is 5.32 Å². The lowest BCUT2D eigenvalue weighted by Gasteiger charge is -2.17. The lowest BCUT2D eigenvalue weighted by atomic mass is 10.1. The van der Waals surface area contributed by atoms with Crippen molar-refractivity contribution in [2.45, 2.75) is 40.7 Å². The van der Waals surface area contributed by atoms with Crippen LogP contribution >= 0.6 is 0 Å². The Morgan fingerprint density at radius 1 is 1.07 bits per heavy atom. The maximum atomic E-state index is 11.6. The van der Waals surface area contributed by atoms with Gasteiger partial charge in [-0.1, -0.05) is 13.8 Å². The van der Waals surface area contributed by atoms with Gasteiger partial charge in [0, 0.05) is 17.2 Å². The molecule has 0 aliphatic rings. The van der Waals surface area contributed by atoms with Gasteiger partial charge in [-0.2, -0.15) is 0 Å². The zero-order valence-electron chi connectivity index (χ0n) is 9.92. The summed E-state index contributed by atoms with van der Waals surface area (Å²) in [6, 6.07) is 0.0362. The third-order valence-corrected chi connectivity index (χ3v) is 2.58. The molecular formula is C11H19NO3. The Hall–Kier alpha value is -1.32. The third-order valence-electron chi connectivity index (χ3n) is 2.58. The largest absolute Gasteiger partial charge is 0.478 e. The smallest absolute Gasteiger partial charge is 0.331 e. The first kappa shape index (κ1) is 13.7. The van der Waals surface area contributed by atoms with Crippen LogP contribution in [0.25, 0.3) is 0 Å². The van der Waals surface area contributed by atoms with Crippen LogP contribution in [0.1, 0.15) is 34.6 Å². The number of carboxylic acids is 1. The van der Waals surface area contributed by atoms with E-state index in [-0.39, 0.29) is 23.1 Å². The quantitative estimate of drug-likeness (QED) is 0.696. The lowest BCUT2D eigenvalue weighted by molar-refractivity contribution is -0.133. The highest BCUT2D eigenvalue weighted by Crippen LogP contribution is 2.06. The van der Waals surface area contributed by atoms with Crippen LogP contribution in [0.5, 0.6) is 0 Å². The highest BCUT2D eigenvalue weighted by Gasteiger charge is 2.15. The van der Waals surface area contributed by atoms with E-state index in [0.29, 0.717) is 5.92 Å². The predicted octanol–water partition coefficient (Wildman–Crippen LogP) is 1.57. The van der Waals surface area contributed by atoms with Gasteiger partial charge in [0.2, 0.25) is 5.91 Å². The van der Waals surface area contributed by atoms with Crippen molar-refractivity contribution in [3.05, 3.63) is 11.1 Å². The molecule has 0 aliphatic carbocycles. The molecule has 0 aliphatic heterocycles. The van der Waals surface area contributed by atoms with Gasteiger partial charge in [0.25, 0.3) is 0 Å². The summed E-state index contributed by atoms with van der Waals surface area (Å²) in [7, 11) is 0. The minimum Gasteiger partial charge on any atom is -0.478 e. The maximum absolute atomic E-state index is 11.6. The van der Waals surface area contributed by atoms with Crippen molar-refractivity contribution in [1.82, 2.24) is 5.32 Å². The van der Waals surface area contributed by atoms with Crippen molar-refractivity contribution in [3.63, 3.8) is 0 Å². The molecular weight excluding hydrogens is 194 g/mol. The summed E-state index contributed by atoms with van der Waals surface area (Å²) in [5.41, 5.74) is 0.346. The number of hydrogen-bond acceptors (Lipinski definition) is 2. The third kappa shape index (κ3) is 4.14. The lowest BCUT2D eigenvalue weighted by Crippen LogP contribution is -2.37. The van der Waals surface area contributed by atoms with E-state index in [1.165, 1.54) is 13.8 Å². The Labute approximate surface area is 90.4 Å². The molecule has 2 N–H and O–H groups in total. The SMILES string of the molecule is CC(C(=O)O)=C(C)C(=O)NC(C)C(C)C. The molecule has 1 amide bonds. The summed E-state index contributed by atoms with van der Waals surface area (Å²) in [4.78, 5) is 22.2. The number of aliphatic carboxylic acids is 1. The van der Waals surface area contributed by atoms with Gasteiger partial charge in [-0.3, -0.25) is 4.79 Å². The fourth-order valence-corrected chi connectivity index (χ4v) is 0.812. The van der Waals surface area contributed by atoms with Crippen molar-refractivity contribution in [1.29, 1.82) is 0 Å². The van der Waals surface area contributed by atoms with Crippen LogP contribution in [-0.4, -0.2) is 23.0 Å².